The highest BCUT2D eigenvalue weighted by molar-refractivity contribution is 5.93. The summed E-state index contributed by atoms with van der Waals surface area (Å²) in [6, 6.07) is 11.1. The molecule has 162 valence electrons. The average molecular weight is 415 g/mol. The Morgan fingerprint density at radius 3 is 2.37 bits per heavy atom. The van der Waals surface area contributed by atoms with Crippen molar-refractivity contribution in [3.63, 3.8) is 0 Å². The number of nitrogens with zero attached hydrogens (tertiary/aromatic N) is 1. The molecule has 0 unspecified atom stereocenters. The van der Waals surface area contributed by atoms with Crippen LogP contribution in [0.5, 0.6) is 17.2 Å². The van der Waals surface area contributed by atoms with Gasteiger partial charge in [-0.1, -0.05) is 32.0 Å². The predicted molar refractivity (Wildman–Crippen MR) is 118 cm³/mol. The molecule has 2 rings (SSSR count). The Balaban J connectivity index is 1.97. The number of hydrogen-bond donors (Lipinski definition) is 1. The van der Waals surface area contributed by atoms with Crippen LogP contribution >= 0.6 is 0 Å². The maximum absolute atomic E-state index is 12.3. The van der Waals surface area contributed by atoms with Crippen molar-refractivity contribution in [2.75, 3.05) is 32.8 Å². The summed E-state index contributed by atoms with van der Waals surface area (Å²) in [4.78, 5) is 17.4. The summed E-state index contributed by atoms with van der Waals surface area (Å²) in [7, 11) is 3.14. The first-order valence-corrected chi connectivity index (χ1v) is 9.73. The molecule has 0 aliphatic rings. The topological polar surface area (TPSA) is 78.4 Å². The van der Waals surface area contributed by atoms with Gasteiger partial charge in [0.2, 0.25) is 0 Å². The molecule has 1 amide bonds. The molecule has 0 bridgehead atoms. The summed E-state index contributed by atoms with van der Waals surface area (Å²) in [6.45, 7) is 8.54. The molecular weight excluding hydrogens is 384 g/mol. The minimum absolute atomic E-state index is 0.0503. The number of rotatable bonds is 9. The van der Waals surface area contributed by atoms with Crippen molar-refractivity contribution in [3.8, 4) is 17.2 Å². The van der Waals surface area contributed by atoms with Crippen LogP contribution in [0.3, 0.4) is 0 Å². The molecular formula is C23H30N2O5. The van der Waals surface area contributed by atoms with E-state index in [1.807, 2.05) is 31.2 Å². The highest BCUT2D eigenvalue weighted by Crippen LogP contribution is 2.31. The Morgan fingerprint density at radius 2 is 1.73 bits per heavy atom. The fraction of sp³-hybridized carbons (Fsp3) is 0.391. The average Bonchev–Trinajstić information content (AvgIpc) is 2.71. The van der Waals surface area contributed by atoms with Gasteiger partial charge >= 0.3 is 0 Å². The SMILES string of the molecule is CCOc1ccc(/C=N\OCC(=O)Nc2cc(C(C)(C)C)ccc2OC)cc1OC. The molecule has 7 nitrogen and oxygen atoms in total. The van der Waals surface area contributed by atoms with E-state index in [1.54, 1.807) is 26.4 Å². The van der Waals surface area contributed by atoms with Gasteiger partial charge in [-0.15, -0.1) is 0 Å². The number of benzene rings is 2. The molecule has 2 aromatic carbocycles. The van der Waals surface area contributed by atoms with E-state index < -0.39 is 0 Å². The fourth-order valence-electron chi connectivity index (χ4n) is 2.69. The second-order valence-corrected chi connectivity index (χ2v) is 7.56. The molecule has 0 aliphatic carbocycles. The molecule has 0 spiro atoms. The summed E-state index contributed by atoms with van der Waals surface area (Å²) < 4.78 is 16.1. The fourth-order valence-corrected chi connectivity index (χ4v) is 2.69. The van der Waals surface area contributed by atoms with Crippen LogP contribution in [0.15, 0.2) is 41.6 Å². The monoisotopic (exact) mass is 414 g/mol. The molecule has 0 atom stereocenters. The Kier molecular flexibility index (Phi) is 8.09. The van der Waals surface area contributed by atoms with E-state index in [0.29, 0.717) is 29.5 Å². The van der Waals surface area contributed by atoms with E-state index in [4.69, 9.17) is 19.0 Å². The second kappa shape index (κ2) is 10.5. The number of carbonyl (C=O) groups is 1. The van der Waals surface area contributed by atoms with Gasteiger partial charge in [0, 0.05) is 5.56 Å². The Morgan fingerprint density at radius 1 is 1.03 bits per heavy atom. The molecule has 2 aromatic rings. The number of amides is 1. The maximum Gasteiger partial charge on any atom is 0.265 e. The number of methoxy groups -OCH3 is 2. The van der Waals surface area contributed by atoms with Gasteiger partial charge < -0.3 is 24.4 Å². The summed E-state index contributed by atoms with van der Waals surface area (Å²) in [6.07, 6.45) is 1.51. The van der Waals surface area contributed by atoms with Crippen molar-refractivity contribution in [3.05, 3.63) is 47.5 Å². The van der Waals surface area contributed by atoms with Crippen molar-refractivity contribution in [1.29, 1.82) is 0 Å². The van der Waals surface area contributed by atoms with E-state index in [9.17, 15) is 4.79 Å². The smallest absolute Gasteiger partial charge is 0.265 e. The summed E-state index contributed by atoms with van der Waals surface area (Å²) in [5.74, 6) is 1.51. The largest absolute Gasteiger partial charge is 0.495 e. The van der Waals surface area contributed by atoms with Crippen molar-refractivity contribution >= 4 is 17.8 Å². The van der Waals surface area contributed by atoms with Crippen LogP contribution in [0.4, 0.5) is 5.69 Å². The quantitative estimate of drug-likeness (QED) is 0.486. The standard InChI is InChI=1S/C23H30N2O5/c1-7-29-20-10-8-16(12-21(20)28-6)14-24-30-15-22(26)25-18-13-17(23(2,3)4)9-11-19(18)27-5/h8-14H,7,15H2,1-6H3,(H,25,26)/b24-14-. The van der Waals surface area contributed by atoms with E-state index in [-0.39, 0.29) is 17.9 Å². The number of ether oxygens (including phenoxy) is 3. The lowest BCUT2D eigenvalue weighted by molar-refractivity contribution is -0.120. The third kappa shape index (κ3) is 6.40. The van der Waals surface area contributed by atoms with Crippen LogP contribution in [0.1, 0.15) is 38.8 Å². The molecule has 1 N–H and O–H groups in total. The molecule has 7 heteroatoms. The normalized spacial score (nSPS) is 11.3. The van der Waals surface area contributed by atoms with Gasteiger partial charge in [0.1, 0.15) is 5.75 Å². The number of nitrogens with one attached hydrogen (secondary N) is 1. The van der Waals surface area contributed by atoms with Gasteiger partial charge in [0.25, 0.3) is 5.91 Å². The van der Waals surface area contributed by atoms with Crippen molar-refractivity contribution in [2.45, 2.75) is 33.1 Å². The zero-order valence-corrected chi connectivity index (χ0v) is 18.4. The van der Waals surface area contributed by atoms with Crippen molar-refractivity contribution in [2.24, 2.45) is 5.16 Å². The highest BCUT2D eigenvalue weighted by atomic mass is 16.6. The predicted octanol–water partition coefficient (Wildman–Crippen LogP) is 4.39. The first-order valence-electron chi connectivity index (χ1n) is 9.73. The van der Waals surface area contributed by atoms with Crippen LogP contribution in [-0.4, -0.2) is 39.6 Å². The molecule has 0 fully saturated rings. The number of anilines is 1. The zero-order chi connectivity index (χ0) is 22.1. The molecule has 0 saturated carbocycles. The number of hydrogen-bond acceptors (Lipinski definition) is 6. The summed E-state index contributed by atoms with van der Waals surface area (Å²) in [5, 5.41) is 6.67. The van der Waals surface area contributed by atoms with Gasteiger partial charge in [0.15, 0.2) is 18.1 Å². The highest BCUT2D eigenvalue weighted by Gasteiger charge is 2.17. The Labute approximate surface area is 178 Å². The van der Waals surface area contributed by atoms with Crippen LogP contribution in [0.2, 0.25) is 0 Å². The van der Waals surface area contributed by atoms with E-state index in [0.717, 1.165) is 11.1 Å². The summed E-state index contributed by atoms with van der Waals surface area (Å²) in [5.41, 5.74) is 2.39. The molecule has 0 saturated heterocycles. The van der Waals surface area contributed by atoms with Gasteiger partial charge in [-0.05, 0) is 48.2 Å². The van der Waals surface area contributed by atoms with Gasteiger partial charge in [0.05, 0.1) is 32.7 Å². The minimum Gasteiger partial charge on any atom is -0.495 e. The number of carbonyl (C=O) groups excluding carboxylic acids is 1. The third-order valence-electron chi connectivity index (χ3n) is 4.30. The minimum atomic E-state index is -0.333. The van der Waals surface area contributed by atoms with Gasteiger partial charge in [-0.25, -0.2) is 0 Å². The first-order chi connectivity index (χ1) is 14.3. The summed E-state index contributed by atoms with van der Waals surface area (Å²) >= 11 is 0. The van der Waals surface area contributed by atoms with E-state index in [2.05, 4.69) is 31.2 Å². The van der Waals surface area contributed by atoms with Crippen molar-refractivity contribution in [1.82, 2.24) is 0 Å². The van der Waals surface area contributed by atoms with Crippen LogP contribution in [0, 0.1) is 0 Å². The van der Waals surface area contributed by atoms with Gasteiger partial charge in [-0.2, -0.15) is 0 Å². The Hall–Kier alpha value is -3.22. The van der Waals surface area contributed by atoms with Crippen LogP contribution in [-0.2, 0) is 15.0 Å². The van der Waals surface area contributed by atoms with Crippen LogP contribution < -0.4 is 19.5 Å². The molecule has 0 radical (unpaired) electrons. The lowest BCUT2D eigenvalue weighted by Gasteiger charge is -2.21. The lowest BCUT2D eigenvalue weighted by atomic mass is 9.87. The zero-order valence-electron chi connectivity index (χ0n) is 18.4. The molecule has 0 aliphatic heterocycles. The second-order valence-electron chi connectivity index (χ2n) is 7.56. The first kappa shape index (κ1) is 23.1. The third-order valence-corrected chi connectivity index (χ3v) is 4.30. The van der Waals surface area contributed by atoms with E-state index in [1.165, 1.54) is 6.21 Å². The Bertz CT molecular complexity index is 888. The molecule has 30 heavy (non-hydrogen) atoms. The maximum atomic E-state index is 12.3. The van der Waals surface area contributed by atoms with Crippen LogP contribution in [0.25, 0.3) is 0 Å². The van der Waals surface area contributed by atoms with E-state index >= 15 is 0 Å². The molecule has 0 heterocycles. The lowest BCUT2D eigenvalue weighted by Crippen LogP contribution is -2.18. The van der Waals surface area contributed by atoms with Gasteiger partial charge in [-0.3, -0.25) is 4.79 Å². The van der Waals surface area contributed by atoms with Crippen molar-refractivity contribution < 1.29 is 23.8 Å². The molecule has 0 aromatic heterocycles. The number of oxime groups is 1.